The van der Waals surface area contributed by atoms with E-state index in [1.54, 1.807) is 6.33 Å². The molecule has 1 aromatic heterocycles. The van der Waals surface area contributed by atoms with Crippen molar-refractivity contribution in [1.82, 2.24) is 9.97 Å². The third kappa shape index (κ3) is 3.61. The number of hydrogen-bond donors (Lipinski definition) is 1. The molecule has 1 N–H and O–H groups in total. The van der Waals surface area contributed by atoms with Gasteiger partial charge in [-0.25, -0.2) is 9.97 Å². The van der Waals surface area contributed by atoms with E-state index in [0.717, 1.165) is 25.2 Å². The van der Waals surface area contributed by atoms with Crippen molar-refractivity contribution in [2.75, 3.05) is 18.1 Å². The third-order valence-electron chi connectivity index (χ3n) is 3.62. The first-order chi connectivity index (χ1) is 8.81. The van der Waals surface area contributed by atoms with E-state index >= 15 is 0 Å². The zero-order chi connectivity index (χ0) is 12.8. The summed E-state index contributed by atoms with van der Waals surface area (Å²) in [5, 5.41) is 4.21. The fourth-order valence-electron chi connectivity index (χ4n) is 2.36. The molecule has 0 aliphatic heterocycles. The maximum atomic E-state index is 4.44. The normalized spacial score (nSPS) is 16.8. The summed E-state index contributed by atoms with van der Waals surface area (Å²) in [6.45, 7) is 3.28. The molecule has 1 atom stereocenters. The Bertz CT molecular complexity index is 381. The Labute approximate surface area is 114 Å². The molecule has 100 valence electrons. The van der Waals surface area contributed by atoms with E-state index in [9.17, 15) is 0 Å². The average Bonchev–Trinajstić information content (AvgIpc) is 2.64. The number of anilines is 1. The number of rotatable bonds is 5. The van der Waals surface area contributed by atoms with Crippen LogP contribution in [0, 0.1) is 0 Å². The lowest BCUT2D eigenvalue weighted by atomic mass is 10.1. The molecule has 0 radical (unpaired) electrons. The van der Waals surface area contributed by atoms with E-state index < -0.39 is 0 Å². The summed E-state index contributed by atoms with van der Waals surface area (Å²) in [4.78, 5) is 8.87. The van der Waals surface area contributed by atoms with Crippen molar-refractivity contribution in [3.05, 3.63) is 17.6 Å². The second-order valence-electron chi connectivity index (χ2n) is 4.97. The first-order valence-electron chi connectivity index (χ1n) is 6.90. The monoisotopic (exact) mass is 265 g/mol. The van der Waals surface area contributed by atoms with Gasteiger partial charge in [-0.2, -0.15) is 11.8 Å². The summed E-state index contributed by atoms with van der Waals surface area (Å²) < 4.78 is 0. The zero-order valence-electron chi connectivity index (χ0n) is 11.4. The van der Waals surface area contributed by atoms with Crippen LogP contribution < -0.4 is 5.32 Å². The van der Waals surface area contributed by atoms with E-state index in [1.807, 2.05) is 11.8 Å². The number of thioether (sulfide) groups is 1. The molecule has 1 aliphatic rings. The lowest BCUT2D eigenvalue weighted by molar-refractivity contribution is 0.708. The Morgan fingerprint density at radius 2 is 2.11 bits per heavy atom. The maximum Gasteiger partial charge on any atom is 0.132 e. The van der Waals surface area contributed by atoms with Crippen LogP contribution in [0.3, 0.4) is 0 Å². The minimum Gasteiger partial charge on any atom is -0.370 e. The van der Waals surface area contributed by atoms with Gasteiger partial charge in [-0.05, 0) is 38.4 Å². The Kier molecular flexibility index (Phi) is 5.29. The van der Waals surface area contributed by atoms with Crippen molar-refractivity contribution in [2.24, 2.45) is 0 Å². The highest BCUT2D eigenvalue weighted by Gasteiger charge is 2.14. The Balaban J connectivity index is 1.99. The second-order valence-corrected chi connectivity index (χ2v) is 6.25. The molecule has 0 bridgehead atoms. The van der Waals surface area contributed by atoms with E-state index in [-0.39, 0.29) is 0 Å². The van der Waals surface area contributed by atoms with Crippen LogP contribution in [-0.2, 0) is 12.8 Å². The van der Waals surface area contributed by atoms with E-state index in [0.29, 0.717) is 5.25 Å². The Morgan fingerprint density at radius 1 is 1.28 bits per heavy atom. The summed E-state index contributed by atoms with van der Waals surface area (Å²) in [6.07, 6.45) is 11.2. The van der Waals surface area contributed by atoms with Crippen LogP contribution in [0.4, 0.5) is 5.82 Å². The number of aromatic nitrogens is 2. The van der Waals surface area contributed by atoms with Gasteiger partial charge in [-0.1, -0.05) is 13.3 Å². The van der Waals surface area contributed by atoms with Crippen molar-refractivity contribution < 1.29 is 0 Å². The third-order valence-corrected chi connectivity index (χ3v) is 4.66. The van der Waals surface area contributed by atoms with Gasteiger partial charge < -0.3 is 5.32 Å². The molecular weight excluding hydrogens is 242 g/mol. The summed E-state index contributed by atoms with van der Waals surface area (Å²) in [6, 6.07) is 0. The molecule has 3 nitrogen and oxygen atoms in total. The first-order valence-corrected chi connectivity index (χ1v) is 8.19. The summed E-state index contributed by atoms with van der Waals surface area (Å²) in [7, 11) is 0. The minimum atomic E-state index is 0.706. The highest BCUT2D eigenvalue weighted by atomic mass is 32.2. The molecule has 1 unspecified atom stereocenters. The topological polar surface area (TPSA) is 37.8 Å². The number of aryl methyl sites for hydroxylation is 1. The lowest BCUT2D eigenvalue weighted by Crippen LogP contribution is -2.12. The number of hydrogen-bond acceptors (Lipinski definition) is 4. The van der Waals surface area contributed by atoms with Crippen molar-refractivity contribution in [3.63, 3.8) is 0 Å². The zero-order valence-corrected chi connectivity index (χ0v) is 12.2. The fraction of sp³-hybridized carbons (Fsp3) is 0.714. The molecule has 2 rings (SSSR count). The van der Waals surface area contributed by atoms with Gasteiger partial charge in [0.2, 0.25) is 0 Å². The van der Waals surface area contributed by atoms with Crippen LogP contribution >= 0.6 is 11.8 Å². The van der Waals surface area contributed by atoms with Gasteiger partial charge in [-0.3, -0.25) is 0 Å². The standard InChI is InChI=1S/C14H23N3S/c1-11(18-2)8-9-15-14-12-6-4-3-5-7-13(12)16-10-17-14/h10-11H,3-9H2,1-2H3,(H,15,16,17). The molecule has 0 saturated carbocycles. The number of nitrogens with one attached hydrogen (secondary N) is 1. The van der Waals surface area contributed by atoms with Crippen LogP contribution in [0.15, 0.2) is 6.33 Å². The van der Waals surface area contributed by atoms with E-state index in [1.165, 1.54) is 36.9 Å². The molecule has 0 fully saturated rings. The predicted octanol–water partition coefficient (Wildman–Crippen LogP) is 3.30. The highest BCUT2D eigenvalue weighted by Crippen LogP contribution is 2.23. The lowest BCUT2D eigenvalue weighted by Gasteiger charge is -2.13. The van der Waals surface area contributed by atoms with Crippen LogP contribution in [0.1, 0.15) is 43.9 Å². The average molecular weight is 265 g/mol. The minimum absolute atomic E-state index is 0.706. The second kappa shape index (κ2) is 6.98. The van der Waals surface area contributed by atoms with Gasteiger partial charge in [0.05, 0.1) is 0 Å². The number of fused-ring (bicyclic) bond motifs is 1. The smallest absolute Gasteiger partial charge is 0.132 e. The van der Waals surface area contributed by atoms with Gasteiger partial charge in [0.1, 0.15) is 12.1 Å². The highest BCUT2D eigenvalue weighted by molar-refractivity contribution is 7.99. The molecule has 0 aromatic carbocycles. The van der Waals surface area contributed by atoms with Crippen molar-refractivity contribution in [3.8, 4) is 0 Å². The van der Waals surface area contributed by atoms with Gasteiger partial charge in [-0.15, -0.1) is 0 Å². The summed E-state index contributed by atoms with van der Waals surface area (Å²) in [5.41, 5.74) is 2.63. The van der Waals surface area contributed by atoms with Gasteiger partial charge >= 0.3 is 0 Å². The summed E-state index contributed by atoms with van der Waals surface area (Å²) >= 11 is 1.92. The first kappa shape index (κ1) is 13.7. The molecule has 0 saturated heterocycles. The molecule has 1 aliphatic carbocycles. The quantitative estimate of drug-likeness (QED) is 0.829. The van der Waals surface area contributed by atoms with Gasteiger partial charge in [0.15, 0.2) is 0 Å². The van der Waals surface area contributed by atoms with Gasteiger partial charge in [0.25, 0.3) is 0 Å². The largest absolute Gasteiger partial charge is 0.370 e. The van der Waals surface area contributed by atoms with E-state index in [4.69, 9.17) is 0 Å². The molecule has 0 spiro atoms. The van der Waals surface area contributed by atoms with Crippen LogP contribution in [-0.4, -0.2) is 28.0 Å². The predicted molar refractivity (Wildman–Crippen MR) is 79.4 cm³/mol. The van der Waals surface area contributed by atoms with Crippen molar-refractivity contribution in [2.45, 2.75) is 50.7 Å². The van der Waals surface area contributed by atoms with Gasteiger partial charge in [0, 0.05) is 23.1 Å². The SMILES string of the molecule is CSC(C)CCNc1ncnc2c1CCCCC2. The van der Waals surface area contributed by atoms with Crippen LogP contribution in [0.5, 0.6) is 0 Å². The number of nitrogens with zero attached hydrogens (tertiary/aromatic N) is 2. The molecule has 1 aromatic rings. The Morgan fingerprint density at radius 3 is 2.94 bits per heavy atom. The van der Waals surface area contributed by atoms with Crippen molar-refractivity contribution in [1.29, 1.82) is 0 Å². The molecular formula is C14H23N3S. The molecule has 18 heavy (non-hydrogen) atoms. The molecule has 0 amide bonds. The summed E-state index contributed by atoms with van der Waals surface area (Å²) in [5.74, 6) is 1.08. The fourth-order valence-corrected chi connectivity index (χ4v) is 2.72. The van der Waals surface area contributed by atoms with E-state index in [2.05, 4.69) is 28.5 Å². The molecule has 4 heteroatoms. The molecule has 1 heterocycles. The Hall–Kier alpha value is -0.770. The maximum absolute atomic E-state index is 4.44. The van der Waals surface area contributed by atoms with Crippen LogP contribution in [0.2, 0.25) is 0 Å². The van der Waals surface area contributed by atoms with Crippen molar-refractivity contribution >= 4 is 17.6 Å². The van der Waals surface area contributed by atoms with Crippen LogP contribution in [0.25, 0.3) is 0 Å².